The molecule has 0 saturated carbocycles. The summed E-state index contributed by atoms with van der Waals surface area (Å²) in [4.78, 5) is 21.9. The van der Waals surface area contributed by atoms with Gasteiger partial charge in [-0.2, -0.15) is 5.26 Å². The van der Waals surface area contributed by atoms with E-state index in [1.807, 2.05) is 40.1 Å². The van der Waals surface area contributed by atoms with E-state index in [4.69, 9.17) is 0 Å². The molecule has 126 valence electrons. The quantitative estimate of drug-likeness (QED) is 0.832. The van der Waals surface area contributed by atoms with Crippen LogP contribution in [0.4, 0.5) is 0 Å². The summed E-state index contributed by atoms with van der Waals surface area (Å²) in [5.41, 5.74) is 0. The number of aromatic nitrogens is 2. The number of rotatable bonds is 5. The lowest BCUT2D eigenvalue weighted by atomic mass is 10.2. The highest BCUT2D eigenvalue weighted by Crippen LogP contribution is 2.25. The van der Waals surface area contributed by atoms with Crippen LogP contribution in [0.25, 0.3) is 0 Å². The van der Waals surface area contributed by atoms with Gasteiger partial charge in [-0.15, -0.1) is 11.3 Å². The molecule has 0 radical (unpaired) electrons. The van der Waals surface area contributed by atoms with Gasteiger partial charge >= 0.3 is 0 Å². The number of carbonyl (C=O) groups excluding carboxylic acids is 1. The van der Waals surface area contributed by atoms with Crippen LogP contribution in [0.3, 0.4) is 0 Å². The molecular formula is C17H21N5OS. The number of nitriles is 1. The van der Waals surface area contributed by atoms with Crippen LogP contribution in [0.1, 0.15) is 23.7 Å². The van der Waals surface area contributed by atoms with Gasteiger partial charge in [0.2, 0.25) is 5.91 Å². The van der Waals surface area contributed by atoms with Crippen LogP contribution in [-0.4, -0.2) is 51.4 Å². The van der Waals surface area contributed by atoms with Crippen molar-refractivity contribution in [3.8, 4) is 6.07 Å². The maximum atomic E-state index is 12.5. The van der Waals surface area contributed by atoms with Gasteiger partial charge in [-0.1, -0.05) is 13.0 Å². The highest BCUT2D eigenvalue weighted by molar-refractivity contribution is 7.10. The highest BCUT2D eigenvalue weighted by Gasteiger charge is 2.27. The summed E-state index contributed by atoms with van der Waals surface area (Å²) in [6.07, 6.45) is 4.41. The molecule has 0 N–H and O–H groups in total. The number of carbonyl (C=O) groups is 1. The lowest BCUT2D eigenvalue weighted by Crippen LogP contribution is -2.50. The maximum absolute atomic E-state index is 12.5. The minimum Gasteiger partial charge on any atom is -0.339 e. The van der Waals surface area contributed by atoms with Gasteiger partial charge in [-0.3, -0.25) is 9.69 Å². The largest absolute Gasteiger partial charge is 0.339 e. The Balaban J connectivity index is 1.57. The van der Waals surface area contributed by atoms with Crippen molar-refractivity contribution < 1.29 is 4.79 Å². The number of piperazine rings is 1. The van der Waals surface area contributed by atoms with Gasteiger partial charge in [0, 0.05) is 49.9 Å². The molecule has 1 fully saturated rings. The van der Waals surface area contributed by atoms with Crippen molar-refractivity contribution >= 4 is 17.2 Å². The van der Waals surface area contributed by atoms with E-state index >= 15 is 0 Å². The summed E-state index contributed by atoms with van der Waals surface area (Å²) in [5.74, 6) is 1.05. The fourth-order valence-electron chi connectivity index (χ4n) is 3.05. The molecule has 0 spiro atoms. The third-order valence-corrected chi connectivity index (χ3v) is 5.32. The zero-order valence-electron chi connectivity index (χ0n) is 13.8. The first-order valence-electron chi connectivity index (χ1n) is 8.17. The monoisotopic (exact) mass is 343 g/mol. The smallest absolute Gasteiger partial charge is 0.242 e. The SMILES string of the molecule is CCc1nccn1CC(=O)N1CCN([C@H](C#N)c2cccs2)CC1. The molecule has 24 heavy (non-hydrogen) atoms. The van der Waals surface area contributed by atoms with Crippen molar-refractivity contribution in [1.82, 2.24) is 19.4 Å². The number of hydrogen-bond acceptors (Lipinski definition) is 5. The Labute approximate surface area is 145 Å². The maximum Gasteiger partial charge on any atom is 0.242 e. The molecule has 2 aromatic heterocycles. The van der Waals surface area contributed by atoms with Crippen molar-refractivity contribution in [3.05, 3.63) is 40.6 Å². The van der Waals surface area contributed by atoms with Gasteiger partial charge in [-0.05, 0) is 11.4 Å². The Kier molecular flexibility index (Phi) is 5.28. The molecule has 1 amide bonds. The fourth-order valence-corrected chi connectivity index (χ4v) is 3.85. The predicted octanol–water partition coefficient (Wildman–Crippen LogP) is 1.92. The average Bonchev–Trinajstić information content (AvgIpc) is 3.28. The predicted molar refractivity (Wildman–Crippen MR) is 92.4 cm³/mol. The molecule has 0 unspecified atom stereocenters. The summed E-state index contributed by atoms with van der Waals surface area (Å²) in [6, 6.07) is 6.16. The molecule has 0 aliphatic carbocycles. The first-order chi connectivity index (χ1) is 11.7. The van der Waals surface area contributed by atoms with Crippen LogP contribution in [0.5, 0.6) is 0 Å². The molecule has 6 nitrogen and oxygen atoms in total. The van der Waals surface area contributed by atoms with E-state index in [1.165, 1.54) is 0 Å². The number of nitrogens with zero attached hydrogens (tertiary/aromatic N) is 5. The van der Waals surface area contributed by atoms with Crippen LogP contribution in [0.2, 0.25) is 0 Å². The topological polar surface area (TPSA) is 65.2 Å². The standard InChI is InChI=1S/C17H21N5OS/c1-2-16-19-5-6-22(16)13-17(23)21-9-7-20(8-10-21)14(12-18)15-4-3-11-24-15/h3-6,11,14H,2,7-10,13H2,1H3/t14-/m1/s1. The minimum atomic E-state index is -0.206. The van der Waals surface area contributed by atoms with E-state index < -0.39 is 0 Å². The number of imidazole rings is 1. The van der Waals surface area contributed by atoms with Gasteiger partial charge < -0.3 is 9.47 Å². The molecule has 0 bridgehead atoms. The van der Waals surface area contributed by atoms with Gasteiger partial charge in [0.05, 0.1) is 6.07 Å². The normalized spacial score (nSPS) is 16.8. The third-order valence-electron chi connectivity index (χ3n) is 4.39. The van der Waals surface area contributed by atoms with Crippen LogP contribution >= 0.6 is 11.3 Å². The van der Waals surface area contributed by atoms with Crippen LogP contribution in [-0.2, 0) is 17.8 Å². The molecule has 7 heteroatoms. The lowest BCUT2D eigenvalue weighted by Gasteiger charge is -2.36. The van der Waals surface area contributed by atoms with E-state index in [2.05, 4.69) is 16.0 Å². The van der Waals surface area contributed by atoms with Crippen molar-refractivity contribution in [2.24, 2.45) is 0 Å². The van der Waals surface area contributed by atoms with E-state index in [-0.39, 0.29) is 11.9 Å². The Hall–Kier alpha value is -2.17. The van der Waals surface area contributed by atoms with Gasteiger partial charge in [0.25, 0.3) is 0 Å². The van der Waals surface area contributed by atoms with Crippen LogP contribution in [0, 0.1) is 11.3 Å². The van der Waals surface area contributed by atoms with Crippen LogP contribution in [0.15, 0.2) is 29.9 Å². The average molecular weight is 343 g/mol. The fraction of sp³-hybridized carbons (Fsp3) is 0.471. The Morgan fingerprint density at radius 3 is 2.83 bits per heavy atom. The molecule has 3 rings (SSSR count). The molecule has 3 heterocycles. The molecular weight excluding hydrogens is 322 g/mol. The molecule has 1 atom stereocenters. The third kappa shape index (κ3) is 3.50. The summed E-state index contributed by atoms with van der Waals surface area (Å²) in [6.45, 7) is 5.17. The summed E-state index contributed by atoms with van der Waals surface area (Å²) < 4.78 is 1.92. The van der Waals surface area contributed by atoms with Gasteiger partial charge in [0.15, 0.2) is 0 Å². The summed E-state index contributed by atoms with van der Waals surface area (Å²) in [5, 5.41) is 11.5. The first kappa shape index (κ1) is 16.7. The second-order valence-corrected chi connectivity index (χ2v) is 6.77. The van der Waals surface area contributed by atoms with Gasteiger partial charge in [0.1, 0.15) is 18.4 Å². The van der Waals surface area contributed by atoms with Crippen molar-refractivity contribution in [3.63, 3.8) is 0 Å². The zero-order chi connectivity index (χ0) is 16.9. The zero-order valence-corrected chi connectivity index (χ0v) is 14.6. The van der Waals surface area contributed by atoms with Crippen molar-refractivity contribution in [2.45, 2.75) is 25.9 Å². The Morgan fingerprint density at radius 1 is 1.42 bits per heavy atom. The number of amides is 1. The van der Waals surface area contributed by atoms with E-state index in [1.54, 1.807) is 17.5 Å². The van der Waals surface area contributed by atoms with Crippen molar-refractivity contribution in [1.29, 1.82) is 5.26 Å². The van der Waals surface area contributed by atoms with E-state index in [0.29, 0.717) is 19.6 Å². The Bertz CT molecular complexity index is 710. The minimum absolute atomic E-state index is 0.118. The molecule has 2 aromatic rings. The molecule has 0 aromatic carbocycles. The number of thiophene rings is 1. The molecule has 1 aliphatic rings. The Morgan fingerprint density at radius 2 is 2.21 bits per heavy atom. The molecule has 1 saturated heterocycles. The lowest BCUT2D eigenvalue weighted by molar-refractivity contribution is -0.133. The molecule has 1 aliphatic heterocycles. The van der Waals surface area contributed by atoms with E-state index in [0.717, 1.165) is 30.2 Å². The van der Waals surface area contributed by atoms with Gasteiger partial charge in [-0.25, -0.2) is 4.98 Å². The second kappa shape index (κ2) is 7.60. The number of hydrogen-bond donors (Lipinski definition) is 0. The highest BCUT2D eigenvalue weighted by atomic mass is 32.1. The summed E-state index contributed by atoms with van der Waals surface area (Å²) >= 11 is 1.61. The van der Waals surface area contributed by atoms with Crippen molar-refractivity contribution in [2.75, 3.05) is 26.2 Å². The number of aryl methyl sites for hydroxylation is 1. The second-order valence-electron chi connectivity index (χ2n) is 5.79. The summed E-state index contributed by atoms with van der Waals surface area (Å²) in [7, 11) is 0. The first-order valence-corrected chi connectivity index (χ1v) is 9.05. The van der Waals surface area contributed by atoms with Crippen LogP contribution < -0.4 is 0 Å². The van der Waals surface area contributed by atoms with E-state index in [9.17, 15) is 10.1 Å².